The van der Waals surface area contributed by atoms with Crippen molar-refractivity contribution >= 4 is 46.7 Å². The molecule has 0 heterocycles. The Labute approximate surface area is 76.1 Å². The van der Waals surface area contributed by atoms with Gasteiger partial charge in [0.1, 0.15) is 0 Å². The van der Waals surface area contributed by atoms with E-state index in [1.54, 1.807) is 0 Å². The third kappa shape index (κ3) is 6.71. The number of carbonyl (C=O) groups excluding carboxylic acids is 2. The molecule has 64 valence electrons. The Kier molecular flexibility index (Phi) is 4.50. The molecule has 0 bridgehead atoms. The number of rotatable bonds is 2. The first-order valence-corrected chi connectivity index (χ1v) is 12.2. The molecule has 0 aliphatic carbocycles. The fourth-order valence-electron chi connectivity index (χ4n) is 0.355. The summed E-state index contributed by atoms with van der Waals surface area (Å²) in [6.07, 6.45) is 0. The second kappa shape index (κ2) is 4.37. The van der Waals surface area contributed by atoms with E-state index < -0.39 is 28.9 Å². The zero-order valence-corrected chi connectivity index (χ0v) is 10.3. The average molecular weight is 308 g/mol. The van der Waals surface area contributed by atoms with Gasteiger partial charge in [0, 0.05) is 0 Å². The molecule has 0 atom stereocenters. The van der Waals surface area contributed by atoms with Crippen LogP contribution in [0.3, 0.4) is 0 Å². The zero-order chi connectivity index (χ0) is 9.07. The normalized spacial score (nSPS) is 10.5. The van der Waals surface area contributed by atoms with Gasteiger partial charge in [0.25, 0.3) is 0 Å². The molecule has 0 saturated carbocycles. The van der Waals surface area contributed by atoms with Crippen LogP contribution in [-0.4, -0.2) is 28.9 Å². The molecule has 0 N–H and O–H groups in total. The standard InChI is InChI=1S/2C2H4O2.2ClH.Sn/c2*1-2(3)4;;;/h2*1H3,(H,3,4);2*1H;/q;;;;+4/p-4. The number of hydrogen-bond donors (Lipinski definition) is 0. The molecular weight excluding hydrogens is 302 g/mol. The first-order valence-electron chi connectivity index (χ1n) is 2.60. The van der Waals surface area contributed by atoms with Crippen molar-refractivity contribution in [2.45, 2.75) is 13.8 Å². The van der Waals surface area contributed by atoms with Crippen LogP contribution in [0.15, 0.2) is 0 Å². The molecule has 0 spiro atoms. The van der Waals surface area contributed by atoms with Crippen LogP contribution in [0.4, 0.5) is 0 Å². The minimum absolute atomic E-state index is 0.646. The summed E-state index contributed by atoms with van der Waals surface area (Å²) in [6.45, 7) is 2.28. The summed E-state index contributed by atoms with van der Waals surface area (Å²) in [5.74, 6) is -1.29. The Balaban J connectivity index is 3.99. The predicted octanol–water partition coefficient (Wildman–Crippen LogP) is 1.03. The first kappa shape index (κ1) is 11.3. The number of halogens is 2. The van der Waals surface area contributed by atoms with E-state index in [4.69, 9.17) is 17.8 Å². The molecule has 0 aromatic rings. The van der Waals surface area contributed by atoms with Crippen molar-refractivity contribution < 1.29 is 15.7 Å². The van der Waals surface area contributed by atoms with Crippen molar-refractivity contribution in [3.05, 3.63) is 0 Å². The van der Waals surface area contributed by atoms with E-state index in [0.717, 1.165) is 13.8 Å². The van der Waals surface area contributed by atoms with Crippen molar-refractivity contribution in [3.63, 3.8) is 0 Å². The van der Waals surface area contributed by atoms with Gasteiger partial charge in [-0.25, -0.2) is 0 Å². The van der Waals surface area contributed by atoms with Crippen LogP contribution >= 0.6 is 17.8 Å². The maximum absolute atomic E-state index is 10.3. The van der Waals surface area contributed by atoms with E-state index >= 15 is 0 Å². The van der Waals surface area contributed by atoms with Gasteiger partial charge in [-0.15, -0.1) is 0 Å². The minimum atomic E-state index is -4.29. The molecule has 0 fully saturated rings. The van der Waals surface area contributed by atoms with E-state index in [2.05, 4.69) is 6.15 Å². The molecule has 0 aliphatic heterocycles. The van der Waals surface area contributed by atoms with E-state index in [1.165, 1.54) is 0 Å². The van der Waals surface area contributed by atoms with Gasteiger partial charge in [0.2, 0.25) is 0 Å². The van der Waals surface area contributed by atoms with Crippen LogP contribution in [0.2, 0.25) is 0 Å². The topological polar surface area (TPSA) is 52.6 Å². The first-order chi connectivity index (χ1) is 4.83. The molecule has 0 radical (unpaired) electrons. The Morgan fingerprint density at radius 2 is 1.36 bits per heavy atom. The molecule has 0 rings (SSSR count). The quantitative estimate of drug-likeness (QED) is 0.715. The Morgan fingerprint density at radius 3 is 1.55 bits per heavy atom. The second-order valence-electron chi connectivity index (χ2n) is 1.65. The van der Waals surface area contributed by atoms with Gasteiger partial charge >= 0.3 is 76.3 Å². The summed E-state index contributed by atoms with van der Waals surface area (Å²) in [7, 11) is 10.8. The van der Waals surface area contributed by atoms with E-state index in [0.29, 0.717) is 0 Å². The van der Waals surface area contributed by atoms with Crippen molar-refractivity contribution in [1.29, 1.82) is 0 Å². The third-order valence-corrected chi connectivity index (χ3v) is 5.59. The summed E-state index contributed by atoms with van der Waals surface area (Å²) in [4.78, 5) is 20.6. The van der Waals surface area contributed by atoms with Crippen molar-refractivity contribution in [3.8, 4) is 0 Å². The van der Waals surface area contributed by atoms with Crippen molar-refractivity contribution in [1.82, 2.24) is 0 Å². The molecule has 0 unspecified atom stereocenters. The Bertz CT molecular complexity index is 163. The van der Waals surface area contributed by atoms with E-state index in [-0.39, 0.29) is 0 Å². The molecule has 0 amide bonds. The molecule has 4 nitrogen and oxygen atoms in total. The summed E-state index contributed by atoms with van der Waals surface area (Å²) >= 11 is -4.29. The summed E-state index contributed by atoms with van der Waals surface area (Å²) in [6, 6.07) is 0. The maximum atomic E-state index is 10.3. The predicted molar refractivity (Wildman–Crippen MR) is 41.0 cm³/mol. The molecule has 11 heavy (non-hydrogen) atoms. The Hall–Kier alpha value is 0.319. The molecule has 7 heteroatoms. The van der Waals surface area contributed by atoms with Gasteiger partial charge in [-0.05, 0) is 0 Å². The zero-order valence-electron chi connectivity index (χ0n) is 5.89. The molecular formula is C4H6Cl2O4Sn. The van der Waals surface area contributed by atoms with Crippen LogP contribution in [-0.2, 0) is 15.7 Å². The fraction of sp³-hybridized carbons (Fsp3) is 0.500. The van der Waals surface area contributed by atoms with Gasteiger partial charge in [-0.2, -0.15) is 0 Å². The van der Waals surface area contributed by atoms with Gasteiger partial charge in [0.15, 0.2) is 0 Å². The van der Waals surface area contributed by atoms with Gasteiger partial charge in [-0.3, -0.25) is 0 Å². The van der Waals surface area contributed by atoms with Gasteiger partial charge in [0.05, 0.1) is 0 Å². The van der Waals surface area contributed by atoms with Crippen molar-refractivity contribution in [2.24, 2.45) is 0 Å². The van der Waals surface area contributed by atoms with Crippen LogP contribution in [0.25, 0.3) is 0 Å². The SMILES string of the molecule is CC(=O)[O][Sn]([Cl])([Cl])[O]C(C)=O. The second-order valence-corrected chi connectivity index (χ2v) is 13.4. The average Bonchev–Trinajstić information content (AvgIpc) is 1.53. The molecule has 0 aliphatic rings. The molecule has 0 aromatic heterocycles. The fourth-order valence-corrected chi connectivity index (χ4v) is 5.30. The van der Waals surface area contributed by atoms with Crippen LogP contribution < -0.4 is 0 Å². The Morgan fingerprint density at radius 1 is 1.09 bits per heavy atom. The van der Waals surface area contributed by atoms with E-state index in [1.807, 2.05) is 0 Å². The third-order valence-electron chi connectivity index (χ3n) is 0.525. The molecule has 0 saturated heterocycles. The van der Waals surface area contributed by atoms with Gasteiger partial charge in [-0.1, -0.05) is 0 Å². The summed E-state index contributed by atoms with van der Waals surface area (Å²) < 4.78 is 8.81. The summed E-state index contributed by atoms with van der Waals surface area (Å²) in [5, 5.41) is 0. The number of carbonyl (C=O) groups is 2. The van der Waals surface area contributed by atoms with Crippen LogP contribution in [0.1, 0.15) is 13.8 Å². The van der Waals surface area contributed by atoms with E-state index in [9.17, 15) is 9.59 Å². The summed E-state index contributed by atoms with van der Waals surface area (Å²) in [5.41, 5.74) is 0. The van der Waals surface area contributed by atoms with Crippen LogP contribution in [0.5, 0.6) is 0 Å². The van der Waals surface area contributed by atoms with Crippen LogP contribution in [0, 0.1) is 0 Å². The monoisotopic (exact) mass is 308 g/mol. The molecule has 0 aromatic carbocycles. The van der Waals surface area contributed by atoms with Gasteiger partial charge < -0.3 is 0 Å². The number of hydrogen-bond acceptors (Lipinski definition) is 4. The van der Waals surface area contributed by atoms with Crippen molar-refractivity contribution in [2.75, 3.05) is 0 Å².